The molecule has 110 valence electrons. The van der Waals surface area contributed by atoms with Crippen LogP contribution in [-0.4, -0.2) is 51.4 Å². The number of nitrogens with one attached hydrogen (secondary N) is 1. The first-order valence-corrected chi connectivity index (χ1v) is 6.08. The van der Waals surface area contributed by atoms with Gasteiger partial charge < -0.3 is 25.4 Å². The molecule has 0 saturated carbocycles. The number of aliphatic hydroxyl groups is 3. The van der Waals surface area contributed by atoms with Crippen molar-refractivity contribution in [3.05, 3.63) is 33.9 Å². The molecule has 0 amide bonds. The molecule has 0 spiro atoms. The molecular formula is C12H16N2O6. The van der Waals surface area contributed by atoms with Gasteiger partial charge in [-0.2, -0.15) is 0 Å². The van der Waals surface area contributed by atoms with E-state index in [-0.39, 0.29) is 5.69 Å². The second-order valence-electron chi connectivity index (χ2n) is 4.66. The van der Waals surface area contributed by atoms with E-state index >= 15 is 0 Å². The van der Waals surface area contributed by atoms with Crippen LogP contribution in [0.4, 0.5) is 11.4 Å². The average molecular weight is 284 g/mol. The molecule has 0 aromatic heterocycles. The van der Waals surface area contributed by atoms with E-state index < -0.39 is 36.1 Å². The van der Waals surface area contributed by atoms with Gasteiger partial charge in [-0.05, 0) is 18.6 Å². The Morgan fingerprint density at radius 2 is 2.10 bits per heavy atom. The van der Waals surface area contributed by atoms with Gasteiger partial charge in [-0.25, -0.2) is 0 Å². The molecule has 8 heteroatoms. The van der Waals surface area contributed by atoms with Crippen LogP contribution in [0, 0.1) is 17.0 Å². The molecule has 1 heterocycles. The summed E-state index contributed by atoms with van der Waals surface area (Å²) >= 11 is 0. The monoisotopic (exact) mass is 284 g/mol. The number of benzene rings is 1. The SMILES string of the molecule is Cc1cc([N+](=O)[O-])ccc1N[C@H]1O[C@H](CO)[C@@H](O)[C@H]1O. The van der Waals surface area contributed by atoms with Crippen molar-refractivity contribution in [2.45, 2.75) is 31.5 Å². The maximum Gasteiger partial charge on any atom is 0.269 e. The molecule has 1 saturated heterocycles. The van der Waals surface area contributed by atoms with E-state index in [1.807, 2.05) is 0 Å². The largest absolute Gasteiger partial charge is 0.394 e. The number of hydrogen-bond acceptors (Lipinski definition) is 7. The highest BCUT2D eigenvalue weighted by Crippen LogP contribution is 2.26. The number of aliphatic hydroxyl groups excluding tert-OH is 3. The van der Waals surface area contributed by atoms with Crippen molar-refractivity contribution in [3.63, 3.8) is 0 Å². The van der Waals surface area contributed by atoms with E-state index in [0.717, 1.165) is 0 Å². The van der Waals surface area contributed by atoms with E-state index in [4.69, 9.17) is 9.84 Å². The number of aryl methyl sites for hydroxylation is 1. The van der Waals surface area contributed by atoms with Crippen molar-refractivity contribution in [2.75, 3.05) is 11.9 Å². The molecule has 0 bridgehead atoms. The first-order chi connectivity index (χ1) is 9.43. The highest BCUT2D eigenvalue weighted by atomic mass is 16.6. The molecule has 20 heavy (non-hydrogen) atoms. The lowest BCUT2D eigenvalue weighted by molar-refractivity contribution is -0.384. The van der Waals surface area contributed by atoms with Crippen molar-refractivity contribution in [1.82, 2.24) is 0 Å². The topological polar surface area (TPSA) is 125 Å². The zero-order valence-corrected chi connectivity index (χ0v) is 10.8. The Hall–Kier alpha value is -1.74. The van der Waals surface area contributed by atoms with E-state index in [1.165, 1.54) is 18.2 Å². The second-order valence-corrected chi connectivity index (χ2v) is 4.66. The minimum atomic E-state index is -1.19. The molecule has 1 aromatic carbocycles. The summed E-state index contributed by atoms with van der Waals surface area (Å²) < 4.78 is 5.28. The highest BCUT2D eigenvalue weighted by Gasteiger charge is 2.42. The van der Waals surface area contributed by atoms with Crippen LogP contribution in [0.5, 0.6) is 0 Å². The van der Waals surface area contributed by atoms with Gasteiger partial charge in [0.1, 0.15) is 18.3 Å². The van der Waals surface area contributed by atoms with E-state index in [9.17, 15) is 20.3 Å². The van der Waals surface area contributed by atoms with Gasteiger partial charge in [-0.1, -0.05) is 0 Å². The fraction of sp³-hybridized carbons (Fsp3) is 0.500. The minimum Gasteiger partial charge on any atom is -0.394 e. The lowest BCUT2D eigenvalue weighted by Crippen LogP contribution is -2.36. The van der Waals surface area contributed by atoms with Crippen LogP contribution in [0.15, 0.2) is 18.2 Å². The lowest BCUT2D eigenvalue weighted by Gasteiger charge is -2.19. The number of hydrogen-bond donors (Lipinski definition) is 4. The van der Waals surface area contributed by atoms with Gasteiger partial charge in [0, 0.05) is 17.8 Å². The van der Waals surface area contributed by atoms with Crippen molar-refractivity contribution in [3.8, 4) is 0 Å². The summed E-state index contributed by atoms with van der Waals surface area (Å²) in [5.74, 6) is 0. The average Bonchev–Trinajstić information content (AvgIpc) is 2.68. The summed E-state index contributed by atoms with van der Waals surface area (Å²) in [6, 6.07) is 4.22. The van der Waals surface area contributed by atoms with E-state index in [2.05, 4.69) is 5.32 Å². The summed E-state index contributed by atoms with van der Waals surface area (Å²) in [6.45, 7) is 1.27. The van der Waals surface area contributed by atoms with Crippen LogP contribution in [0.2, 0.25) is 0 Å². The molecule has 4 atom stereocenters. The molecule has 0 radical (unpaired) electrons. The number of nitro benzene ring substituents is 1. The van der Waals surface area contributed by atoms with Gasteiger partial charge in [0.2, 0.25) is 0 Å². The molecule has 1 aliphatic heterocycles. The van der Waals surface area contributed by atoms with Crippen molar-refractivity contribution in [1.29, 1.82) is 0 Å². The third-order valence-corrected chi connectivity index (χ3v) is 3.26. The Morgan fingerprint density at radius 1 is 1.40 bits per heavy atom. The second kappa shape index (κ2) is 5.71. The van der Waals surface area contributed by atoms with Gasteiger partial charge in [0.05, 0.1) is 11.5 Å². The van der Waals surface area contributed by atoms with Crippen LogP contribution in [0.3, 0.4) is 0 Å². The molecule has 1 aliphatic rings. The highest BCUT2D eigenvalue weighted by molar-refractivity contribution is 5.55. The third-order valence-electron chi connectivity index (χ3n) is 3.26. The van der Waals surface area contributed by atoms with Gasteiger partial charge in [-0.15, -0.1) is 0 Å². The molecule has 0 unspecified atom stereocenters. The van der Waals surface area contributed by atoms with Crippen LogP contribution >= 0.6 is 0 Å². The Kier molecular flexibility index (Phi) is 4.19. The van der Waals surface area contributed by atoms with Crippen molar-refractivity contribution in [2.24, 2.45) is 0 Å². The predicted molar refractivity (Wildman–Crippen MR) is 69.2 cm³/mol. The molecular weight excluding hydrogens is 268 g/mol. The molecule has 8 nitrogen and oxygen atoms in total. The zero-order valence-electron chi connectivity index (χ0n) is 10.8. The standard InChI is InChI=1S/C12H16N2O6/c1-6-4-7(14(18)19)2-3-8(6)13-12-11(17)10(16)9(5-15)20-12/h2-4,9-13,15-17H,5H2,1H3/t9-,10-,11-,12+/m1/s1. The molecule has 0 aliphatic carbocycles. The Bertz CT molecular complexity index is 509. The first kappa shape index (κ1) is 14.7. The van der Waals surface area contributed by atoms with Crippen molar-refractivity contribution >= 4 is 11.4 Å². The fourth-order valence-corrected chi connectivity index (χ4v) is 2.10. The minimum absolute atomic E-state index is 0.0331. The summed E-state index contributed by atoms with van der Waals surface area (Å²) in [4.78, 5) is 10.1. The van der Waals surface area contributed by atoms with Crippen LogP contribution in [0.1, 0.15) is 5.56 Å². The number of nitro groups is 1. The van der Waals surface area contributed by atoms with Gasteiger partial charge in [0.25, 0.3) is 5.69 Å². The van der Waals surface area contributed by atoms with Gasteiger partial charge >= 0.3 is 0 Å². The maximum absolute atomic E-state index is 10.6. The van der Waals surface area contributed by atoms with Gasteiger partial charge in [-0.3, -0.25) is 10.1 Å². The summed E-state index contributed by atoms with van der Waals surface area (Å²) in [5, 5.41) is 41.9. The first-order valence-electron chi connectivity index (χ1n) is 6.08. The van der Waals surface area contributed by atoms with Crippen molar-refractivity contribution < 1.29 is 25.0 Å². The number of rotatable bonds is 4. The number of non-ortho nitro benzene ring substituents is 1. The normalized spacial score (nSPS) is 29.4. The Labute approximate surface area is 114 Å². The molecule has 4 N–H and O–H groups in total. The van der Waals surface area contributed by atoms with Crippen LogP contribution in [-0.2, 0) is 4.74 Å². The van der Waals surface area contributed by atoms with E-state index in [1.54, 1.807) is 6.92 Å². The molecule has 1 aromatic rings. The predicted octanol–water partition coefficient (Wildman–Crippen LogP) is -0.246. The lowest BCUT2D eigenvalue weighted by atomic mass is 10.1. The number of ether oxygens (including phenoxy) is 1. The van der Waals surface area contributed by atoms with Crippen LogP contribution < -0.4 is 5.32 Å². The maximum atomic E-state index is 10.6. The van der Waals surface area contributed by atoms with Gasteiger partial charge in [0.15, 0.2) is 6.23 Å². The number of anilines is 1. The fourth-order valence-electron chi connectivity index (χ4n) is 2.10. The zero-order chi connectivity index (χ0) is 14.9. The molecule has 2 rings (SSSR count). The van der Waals surface area contributed by atoms with E-state index in [0.29, 0.717) is 11.3 Å². The summed E-state index contributed by atoms with van der Waals surface area (Å²) in [6.07, 6.45) is -4.12. The van der Waals surface area contributed by atoms with Crippen LogP contribution in [0.25, 0.3) is 0 Å². The summed E-state index contributed by atoms with van der Waals surface area (Å²) in [5.41, 5.74) is 1.12. The summed E-state index contributed by atoms with van der Waals surface area (Å²) in [7, 11) is 0. The Morgan fingerprint density at radius 3 is 2.60 bits per heavy atom. The smallest absolute Gasteiger partial charge is 0.269 e. The molecule has 1 fully saturated rings. The quantitative estimate of drug-likeness (QED) is 0.444. The Balaban J connectivity index is 2.13. The third kappa shape index (κ3) is 2.73. The number of nitrogens with zero attached hydrogens (tertiary/aromatic N) is 1.